The van der Waals surface area contributed by atoms with Gasteiger partial charge in [0.25, 0.3) is 5.91 Å². The second kappa shape index (κ2) is 12.6. The number of carbonyl (C=O) groups is 1. The molecule has 0 aromatic heterocycles. The minimum absolute atomic E-state index is 0.0327. The number of nitrogens with one attached hydrogen (secondary N) is 1. The van der Waals surface area contributed by atoms with Crippen molar-refractivity contribution >= 4 is 73.8 Å². The van der Waals surface area contributed by atoms with Gasteiger partial charge in [-0.15, -0.1) is 0 Å². The van der Waals surface area contributed by atoms with Crippen LogP contribution in [0, 0.1) is 0 Å². The number of alkyl halides is 6. The lowest BCUT2D eigenvalue weighted by Gasteiger charge is -2.19. The van der Waals surface area contributed by atoms with E-state index < -0.39 is 60.1 Å². The number of hydrogen-bond acceptors (Lipinski definition) is 7. The van der Waals surface area contributed by atoms with Gasteiger partial charge in [0.2, 0.25) is 0 Å². The summed E-state index contributed by atoms with van der Waals surface area (Å²) in [6, 6.07) is 3.94. The average molecular weight is 696 g/mol. The molecule has 0 bridgehead atoms. The van der Waals surface area contributed by atoms with Gasteiger partial charge in [0, 0.05) is 16.5 Å². The smallest absolute Gasteiger partial charge is 0.403 e. The number of anilines is 1. The predicted molar refractivity (Wildman–Crippen MR) is 131 cm³/mol. The van der Waals surface area contributed by atoms with Crippen LogP contribution in [-0.4, -0.2) is 24.2 Å². The van der Waals surface area contributed by atoms with E-state index in [4.69, 9.17) is 25.2 Å². The standard InChI is InChI=1S/C18H14ClF6INO5PS2/c19-12-1-2-15(32-33(29,31-9-34)30-3-4-35-26)14(8-12)16(28)27-13-6-10(17(20,21)22)5-11(7-13)18(23,24)25/h1-2,5-8,34H,3-4,9H2,(H,27,28). The summed E-state index contributed by atoms with van der Waals surface area (Å²) in [5.74, 6) is -1.61. The molecule has 1 unspecified atom stereocenters. The van der Waals surface area contributed by atoms with Crippen molar-refractivity contribution in [3.63, 3.8) is 0 Å². The fraction of sp³-hybridized carbons (Fsp3) is 0.278. The van der Waals surface area contributed by atoms with Gasteiger partial charge in [-0.05, 0) is 57.6 Å². The van der Waals surface area contributed by atoms with Crippen molar-refractivity contribution in [3.05, 3.63) is 58.1 Å². The molecule has 0 aliphatic carbocycles. The molecule has 1 atom stereocenters. The van der Waals surface area contributed by atoms with E-state index >= 15 is 0 Å². The third-order valence-corrected chi connectivity index (χ3v) is 7.44. The summed E-state index contributed by atoms with van der Waals surface area (Å²) >= 11 is 11.7. The molecule has 0 saturated carbocycles. The predicted octanol–water partition coefficient (Wildman–Crippen LogP) is 8.12. The van der Waals surface area contributed by atoms with E-state index in [1.807, 2.05) is 26.5 Å². The number of carbonyl (C=O) groups excluding carboxylic acids is 1. The first-order chi connectivity index (χ1) is 16.2. The monoisotopic (exact) mass is 695 g/mol. The number of amides is 1. The van der Waals surface area contributed by atoms with Gasteiger partial charge in [-0.2, -0.15) is 39.0 Å². The van der Waals surface area contributed by atoms with E-state index in [0.29, 0.717) is 17.9 Å². The second-order valence-corrected chi connectivity index (χ2v) is 11.1. The molecule has 0 radical (unpaired) electrons. The van der Waals surface area contributed by atoms with Crippen molar-refractivity contribution in [1.82, 2.24) is 0 Å². The fourth-order valence-electron chi connectivity index (χ4n) is 2.45. The SMILES string of the molecule is O=C(Nc1cc(C(F)(F)F)cc(C(F)(F)F)c1)c1cc(Cl)ccc1OP(=O)(OCS)OCCSI. The van der Waals surface area contributed by atoms with Crippen molar-refractivity contribution in [2.45, 2.75) is 12.4 Å². The van der Waals surface area contributed by atoms with Gasteiger partial charge in [-0.3, -0.25) is 13.8 Å². The van der Waals surface area contributed by atoms with E-state index in [0.717, 1.165) is 12.1 Å². The average Bonchev–Trinajstić information content (AvgIpc) is 2.74. The number of halogens is 8. The van der Waals surface area contributed by atoms with Gasteiger partial charge in [-0.25, -0.2) is 4.57 Å². The number of benzene rings is 2. The lowest BCUT2D eigenvalue weighted by molar-refractivity contribution is -0.143. The molecule has 1 N–H and O–H groups in total. The largest absolute Gasteiger partial charge is 0.530 e. The Balaban J connectivity index is 2.43. The number of hydrogen-bond donors (Lipinski definition) is 2. The zero-order chi connectivity index (χ0) is 26.4. The van der Waals surface area contributed by atoms with Crippen LogP contribution in [0.1, 0.15) is 21.5 Å². The highest BCUT2D eigenvalue weighted by molar-refractivity contribution is 14.2. The Morgan fingerprint density at radius 2 is 1.66 bits per heavy atom. The molecule has 0 spiro atoms. The van der Waals surface area contributed by atoms with Crippen LogP contribution in [-0.2, 0) is 26.0 Å². The molecule has 2 rings (SSSR count). The molecule has 0 aliphatic rings. The van der Waals surface area contributed by atoms with Gasteiger partial charge < -0.3 is 9.84 Å². The van der Waals surface area contributed by atoms with Crippen molar-refractivity contribution in [2.75, 3.05) is 23.6 Å². The van der Waals surface area contributed by atoms with Crippen LogP contribution >= 0.6 is 62.2 Å². The highest BCUT2D eigenvalue weighted by Gasteiger charge is 2.37. The third-order valence-electron chi connectivity index (χ3n) is 3.87. The van der Waals surface area contributed by atoms with E-state index in [2.05, 4.69) is 12.6 Å². The van der Waals surface area contributed by atoms with Gasteiger partial charge in [0.15, 0.2) is 0 Å². The van der Waals surface area contributed by atoms with E-state index in [9.17, 15) is 35.7 Å². The second-order valence-electron chi connectivity index (χ2n) is 6.33. The quantitative estimate of drug-likeness (QED) is 0.0654. The zero-order valence-electron chi connectivity index (χ0n) is 17.0. The van der Waals surface area contributed by atoms with E-state index in [-0.39, 0.29) is 17.7 Å². The van der Waals surface area contributed by atoms with Crippen molar-refractivity contribution in [1.29, 1.82) is 0 Å². The van der Waals surface area contributed by atoms with Crippen LogP contribution in [0.5, 0.6) is 5.75 Å². The number of phosphoric acid groups is 1. The number of thiol groups is 1. The Morgan fingerprint density at radius 1 is 1.06 bits per heavy atom. The maximum atomic E-state index is 13.1. The topological polar surface area (TPSA) is 73.9 Å². The number of rotatable bonds is 10. The maximum Gasteiger partial charge on any atom is 0.530 e. The molecule has 0 fully saturated rings. The molecule has 2 aromatic carbocycles. The maximum absolute atomic E-state index is 13.1. The molecule has 194 valence electrons. The van der Waals surface area contributed by atoms with Gasteiger partial charge in [0.1, 0.15) is 11.7 Å². The molecule has 0 saturated heterocycles. The van der Waals surface area contributed by atoms with Crippen molar-refractivity contribution < 1.29 is 49.3 Å². The van der Waals surface area contributed by atoms with Crippen LogP contribution in [0.3, 0.4) is 0 Å². The normalized spacial score (nSPS) is 13.9. The van der Waals surface area contributed by atoms with Crippen molar-refractivity contribution in [2.24, 2.45) is 0 Å². The zero-order valence-corrected chi connectivity index (χ0v) is 22.5. The Labute approximate surface area is 222 Å². The van der Waals surface area contributed by atoms with Gasteiger partial charge in [-0.1, -0.05) is 20.5 Å². The Hall–Kier alpha value is -0.840. The summed E-state index contributed by atoms with van der Waals surface area (Å²) in [7, 11) is -2.97. The minimum atomic E-state index is -5.12. The van der Waals surface area contributed by atoms with E-state index in [1.54, 1.807) is 0 Å². The number of phosphoric ester groups is 1. The summed E-state index contributed by atoms with van der Waals surface area (Å²) in [5, 5.41) is 1.92. The lowest BCUT2D eigenvalue weighted by Crippen LogP contribution is -2.17. The van der Waals surface area contributed by atoms with Crippen molar-refractivity contribution in [3.8, 4) is 5.75 Å². The lowest BCUT2D eigenvalue weighted by atomic mass is 10.1. The molecule has 0 heterocycles. The first kappa shape index (κ1) is 30.4. The summed E-state index contributed by atoms with van der Waals surface area (Å²) in [4.78, 5) is 12.8. The highest BCUT2D eigenvalue weighted by atomic mass is 127. The third kappa shape index (κ3) is 9.20. The summed E-state index contributed by atoms with van der Waals surface area (Å²) in [5.41, 5.74) is -4.51. The first-order valence-electron chi connectivity index (χ1n) is 9.02. The molecule has 17 heteroatoms. The van der Waals surface area contributed by atoms with Crippen LogP contribution in [0.15, 0.2) is 36.4 Å². The first-order valence-corrected chi connectivity index (χ1v) is 15.0. The Morgan fingerprint density at radius 3 is 2.17 bits per heavy atom. The molecule has 2 aromatic rings. The molecule has 6 nitrogen and oxygen atoms in total. The summed E-state index contributed by atoms with van der Waals surface area (Å²) in [6.07, 6.45) is -10.2. The van der Waals surface area contributed by atoms with Crippen LogP contribution < -0.4 is 9.84 Å². The fourth-order valence-corrected chi connectivity index (χ4v) is 4.89. The summed E-state index contributed by atoms with van der Waals surface area (Å²) in [6.45, 7) is -0.0712. The molecule has 1 amide bonds. The summed E-state index contributed by atoms with van der Waals surface area (Å²) < 4.78 is 107. The van der Waals surface area contributed by atoms with Crippen LogP contribution in [0.4, 0.5) is 32.0 Å². The van der Waals surface area contributed by atoms with Gasteiger partial charge in [0.05, 0.1) is 23.3 Å². The van der Waals surface area contributed by atoms with Crippen LogP contribution in [0.25, 0.3) is 0 Å². The molecular formula is C18H14ClF6INO5PS2. The van der Waals surface area contributed by atoms with Crippen LogP contribution in [0.2, 0.25) is 5.02 Å². The van der Waals surface area contributed by atoms with E-state index in [1.165, 1.54) is 15.0 Å². The molecule has 35 heavy (non-hydrogen) atoms. The highest BCUT2D eigenvalue weighted by Crippen LogP contribution is 2.51. The van der Waals surface area contributed by atoms with Gasteiger partial charge >= 0.3 is 20.2 Å². The Kier molecular flexibility index (Phi) is 10.9. The molecule has 0 aliphatic heterocycles. The minimum Gasteiger partial charge on any atom is -0.403 e. The Bertz CT molecular complexity index is 1080. The molecular weight excluding hydrogens is 682 g/mol.